The molecular formula is C18H21NO3. The molecule has 4 nitrogen and oxygen atoms in total. The van der Waals surface area contributed by atoms with Crippen LogP contribution in [0.1, 0.15) is 31.4 Å². The monoisotopic (exact) mass is 299 g/mol. The van der Waals surface area contributed by atoms with Crippen LogP contribution in [0.2, 0.25) is 0 Å². The molecule has 0 saturated heterocycles. The van der Waals surface area contributed by atoms with Crippen LogP contribution in [-0.4, -0.2) is 16.1 Å². The van der Waals surface area contributed by atoms with E-state index in [1.165, 1.54) is 12.1 Å². The highest BCUT2D eigenvalue weighted by atomic mass is 16.3. The summed E-state index contributed by atoms with van der Waals surface area (Å²) in [7, 11) is 0. The van der Waals surface area contributed by atoms with E-state index in [2.05, 4.69) is 5.32 Å². The molecule has 0 aliphatic carbocycles. The fourth-order valence-electron chi connectivity index (χ4n) is 2.14. The van der Waals surface area contributed by atoms with E-state index in [-0.39, 0.29) is 23.3 Å². The van der Waals surface area contributed by atoms with Crippen molar-refractivity contribution in [3.05, 3.63) is 53.6 Å². The van der Waals surface area contributed by atoms with E-state index < -0.39 is 0 Å². The highest BCUT2D eigenvalue weighted by molar-refractivity contribution is 5.92. The molecule has 0 aliphatic heterocycles. The van der Waals surface area contributed by atoms with E-state index in [1.54, 1.807) is 6.07 Å². The van der Waals surface area contributed by atoms with Crippen LogP contribution in [0.25, 0.3) is 0 Å². The average molecular weight is 299 g/mol. The lowest BCUT2D eigenvalue weighted by Gasteiger charge is -2.11. The number of benzene rings is 2. The number of phenolic OH excluding ortho intramolecular Hbond substituents is 2. The summed E-state index contributed by atoms with van der Waals surface area (Å²) in [6.45, 7) is 3.87. The molecule has 116 valence electrons. The third-order valence-electron chi connectivity index (χ3n) is 3.71. The highest BCUT2D eigenvalue weighted by Crippen LogP contribution is 2.25. The molecule has 0 radical (unpaired) electrons. The predicted molar refractivity (Wildman–Crippen MR) is 87.1 cm³/mol. The second-order valence-corrected chi connectivity index (χ2v) is 5.49. The van der Waals surface area contributed by atoms with Crippen molar-refractivity contribution in [2.45, 2.75) is 26.7 Å². The number of phenols is 2. The zero-order valence-electron chi connectivity index (χ0n) is 12.8. The molecule has 1 unspecified atom stereocenters. The fourth-order valence-corrected chi connectivity index (χ4v) is 2.14. The first-order valence-corrected chi connectivity index (χ1v) is 7.40. The second kappa shape index (κ2) is 6.98. The molecule has 3 N–H and O–H groups in total. The molecule has 4 heteroatoms. The van der Waals surface area contributed by atoms with Gasteiger partial charge in [-0.1, -0.05) is 26.0 Å². The maximum atomic E-state index is 11.9. The molecule has 0 spiro atoms. The van der Waals surface area contributed by atoms with Gasteiger partial charge in [0.25, 0.3) is 0 Å². The number of hydrogen-bond donors (Lipinski definition) is 3. The third-order valence-corrected chi connectivity index (χ3v) is 3.71. The van der Waals surface area contributed by atoms with Crippen LogP contribution in [0.15, 0.2) is 42.5 Å². The van der Waals surface area contributed by atoms with Gasteiger partial charge in [0.05, 0.1) is 0 Å². The molecular weight excluding hydrogens is 278 g/mol. The second-order valence-electron chi connectivity index (χ2n) is 5.49. The van der Waals surface area contributed by atoms with Crippen molar-refractivity contribution < 1.29 is 15.0 Å². The first kappa shape index (κ1) is 15.9. The van der Waals surface area contributed by atoms with Gasteiger partial charge in [0, 0.05) is 23.6 Å². The molecule has 0 aromatic heterocycles. The Hall–Kier alpha value is -2.49. The molecule has 2 aromatic carbocycles. The summed E-state index contributed by atoms with van der Waals surface area (Å²) >= 11 is 0. The largest absolute Gasteiger partial charge is 0.508 e. The van der Waals surface area contributed by atoms with Crippen LogP contribution in [0.5, 0.6) is 11.5 Å². The van der Waals surface area contributed by atoms with Crippen LogP contribution >= 0.6 is 0 Å². The van der Waals surface area contributed by atoms with Gasteiger partial charge in [-0.2, -0.15) is 0 Å². The Morgan fingerprint density at radius 1 is 1.18 bits per heavy atom. The van der Waals surface area contributed by atoms with Crippen molar-refractivity contribution in [3.8, 4) is 11.5 Å². The molecule has 0 saturated carbocycles. The summed E-state index contributed by atoms with van der Waals surface area (Å²) < 4.78 is 0. The van der Waals surface area contributed by atoms with Gasteiger partial charge < -0.3 is 15.5 Å². The first-order valence-electron chi connectivity index (χ1n) is 7.40. The van der Waals surface area contributed by atoms with E-state index >= 15 is 0 Å². The Kier molecular flexibility index (Phi) is 5.04. The predicted octanol–water partition coefficient (Wildman–Crippen LogP) is 3.67. The summed E-state index contributed by atoms with van der Waals surface area (Å²) in [6, 6.07) is 12.0. The summed E-state index contributed by atoms with van der Waals surface area (Å²) in [5.74, 6) is 0.236. The summed E-state index contributed by atoms with van der Waals surface area (Å²) in [5, 5.41) is 22.2. The Labute approximate surface area is 130 Å². The van der Waals surface area contributed by atoms with E-state index in [4.69, 9.17) is 0 Å². The van der Waals surface area contributed by atoms with E-state index in [9.17, 15) is 15.0 Å². The number of aromatic hydroxyl groups is 2. The van der Waals surface area contributed by atoms with Crippen molar-refractivity contribution in [1.82, 2.24) is 0 Å². The van der Waals surface area contributed by atoms with Crippen LogP contribution in [-0.2, 0) is 11.2 Å². The lowest BCUT2D eigenvalue weighted by atomic mass is 10.0. The lowest BCUT2D eigenvalue weighted by molar-refractivity contribution is -0.119. The number of carbonyl (C=O) groups is 1. The molecule has 1 atom stereocenters. The number of rotatable bonds is 5. The minimum absolute atomic E-state index is 0.000136. The third kappa shape index (κ3) is 4.01. The Morgan fingerprint density at radius 2 is 1.95 bits per heavy atom. The Morgan fingerprint density at radius 3 is 2.68 bits per heavy atom. The normalized spacial score (nSPS) is 11.9. The van der Waals surface area contributed by atoms with E-state index in [0.29, 0.717) is 12.0 Å². The maximum absolute atomic E-state index is 11.9. The number of hydrogen-bond acceptors (Lipinski definition) is 3. The topological polar surface area (TPSA) is 69.6 Å². The zero-order chi connectivity index (χ0) is 16.1. The lowest BCUT2D eigenvalue weighted by Crippen LogP contribution is -2.19. The summed E-state index contributed by atoms with van der Waals surface area (Å²) in [6.07, 6.45) is 1.27. The van der Waals surface area contributed by atoms with Crippen LogP contribution in [0.3, 0.4) is 0 Å². The van der Waals surface area contributed by atoms with Gasteiger partial charge in [0.2, 0.25) is 5.91 Å². The zero-order valence-corrected chi connectivity index (χ0v) is 12.8. The van der Waals surface area contributed by atoms with Crippen LogP contribution in [0, 0.1) is 5.92 Å². The van der Waals surface area contributed by atoms with Crippen LogP contribution in [0.4, 0.5) is 5.69 Å². The minimum Gasteiger partial charge on any atom is -0.508 e. The molecule has 2 rings (SSSR count). The quantitative estimate of drug-likeness (QED) is 0.738. The maximum Gasteiger partial charge on any atom is 0.227 e. The van der Waals surface area contributed by atoms with E-state index in [0.717, 1.165) is 17.7 Å². The number of carbonyl (C=O) groups excluding carboxylic acids is 1. The smallest absolute Gasteiger partial charge is 0.227 e. The number of nitrogens with one attached hydrogen (secondary N) is 1. The van der Waals surface area contributed by atoms with Gasteiger partial charge in [-0.25, -0.2) is 0 Å². The van der Waals surface area contributed by atoms with Gasteiger partial charge in [-0.3, -0.25) is 4.79 Å². The number of anilines is 1. The SMILES string of the molecule is CCC(C)C(=O)Nc1cccc(Cc2cc(O)ccc2O)c1. The van der Waals surface area contributed by atoms with Crippen LogP contribution < -0.4 is 5.32 Å². The van der Waals surface area contributed by atoms with Crippen molar-refractivity contribution in [1.29, 1.82) is 0 Å². The highest BCUT2D eigenvalue weighted by Gasteiger charge is 2.11. The summed E-state index contributed by atoms with van der Waals surface area (Å²) in [4.78, 5) is 11.9. The Bertz CT molecular complexity index is 667. The van der Waals surface area contributed by atoms with Gasteiger partial charge >= 0.3 is 0 Å². The van der Waals surface area contributed by atoms with Crippen molar-refractivity contribution in [3.63, 3.8) is 0 Å². The minimum atomic E-state index is -0.0289. The van der Waals surface area contributed by atoms with Crippen molar-refractivity contribution in [2.75, 3.05) is 5.32 Å². The summed E-state index contributed by atoms with van der Waals surface area (Å²) in [5.41, 5.74) is 2.33. The molecule has 2 aromatic rings. The average Bonchev–Trinajstić information content (AvgIpc) is 2.50. The fraction of sp³-hybridized carbons (Fsp3) is 0.278. The molecule has 0 fully saturated rings. The Balaban J connectivity index is 2.15. The molecule has 1 amide bonds. The number of amides is 1. The first-order chi connectivity index (χ1) is 10.5. The molecule has 0 bridgehead atoms. The molecule has 22 heavy (non-hydrogen) atoms. The molecule has 0 aliphatic rings. The van der Waals surface area contributed by atoms with Crippen molar-refractivity contribution >= 4 is 11.6 Å². The molecule has 0 heterocycles. The standard InChI is InChI=1S/C18H21NO3/c1-3-12(2)18(22)19-15-6-4-5-13(10-15)9-14-11-16(20)7-8-17(14)21/h4-8,10-12,20-21H,3,9H2,1-2H3,(H,19,22). The van der Waals surface area contributed by atoms with Gasteiger partial charge in [-0.05, 0) is 42.3 Å². The van der Waals surface area contributed by atoms with Gasteiger partial charge in [0.15, 0.2) is 0 Å². The van der Waals surface area contributed by atoms with Crippen molar-refractivity contribution in [2.24, 2.45) is 5.92 Å². The van der Waals surface area contributed by atoms with E-state index in [1.807, 2.05) is 38.1 Å². The van der Waals surface area contributed by atoms with Gasteiger partial charge in [0.1, 0.15) is 11.5 Å². The van der Waals surface area contributed by atoms with Gasteiger partial charge in [-0.15, -0.1) is 0 Å².